The Morgan fingerprint density at radius 3 is 2.60 bits per heavy atom. The molecule has 2 unspecified atom stereocenters. The van der Waals surface area contributed by atoms with E-state index in [-0.39, 0.29) is 5.60 Å². The first-order valence-electron chi connectivity index (χ1n) is 4.23. The van der Waals surface area contributed by atoms with Crippen molar-refractivity contribution in [3.63, 3.8) is 0 Å². The van der Waals surface area contributed by atoms with Gasteiger partial charge in [-0.05, 0) is 32.1 Å². The molecule has 10 heavy (non-hydrogen) atoms. The van der Waals surface area contributed by atoms with E-state index in [2.05, 4.69) is 0 Å². The van der Waals surface area contributed by atoms with Crippen LogP contribution in [0.4, 0.5) is 0 Å². The van der Waals surface area contributed by atoms with Gasteiger partial charge in [-0.1, -0.05) is 0 Å². The van der Waals surface area contributed by atoms with Crippen LogP contribution in [0.15, 0.2) is 0 Å². The Labute approximate surface area is 61.7 Å². The topological polar surface area (TPSA) is 35.2 Å². The van der Waals surface area contributed by atoms with E-state index in [0.29, 0.717) is 6.04 Å². The van der Waals surface area contributed by atoms with Gasteiger partial charge in [-0.15, -0.1) is 0 Å². The highest BCUT2D eigenvalue weighted by molar-refractivity contribution is 4.99. The molecular weight excluding hydrogens is 126 g/mol. The fourth-order valence-electron chi connectivity index (χ4n) is 2.28. The van der Waals surface area contributed by atoms with Gasteiger partial charge in [0, 0.05) is 12.6 Å². The Kier molecular flexibility index (Phi) is 1.46. The Bertz CT molecular complexity index is 124. The molecule has 2 N–H and O–H groups in total. The van der Waals surface area contributed by atoms with Crippen LogP contribution in [0.3, 0.4) is 0 Å². The summed E-state index contributed by atoms with van der Waals surface area (Å²) in [6.07, 6.45) is 6.05. The Morgan fingerprint density at radius 2 is 2.10 bits per heavy atom. The van der Waals surface area contributed by atoms with Gasteiger partial charge < -0.3 is 10.5 Å². The maximum absolute atomic E-state index is 5.95. The summed E-state index contributed by atoms with van der Waals surface area (Å²) in [5.41, 5.74) is 6.08. The van der Waals surface area contributed by atoms with Crippen molar-refractivity contribution in [2.24, 2.45) is 5.73 Å². The van der Waals surface area contributed by atoms with Gasteiger partial charge in [0.15, 0.2) is 0 Å². The van der Waals surface area contributed by atoms with E-state index in [9.17, 15) is 0 Å². The lowest BCUT2D eigenvalue weighted by Crippen LogP contribution is -2.42. The van der Waals surface area contributed by atoms with Gasteiger partial charge in [-0.3, -0.25) is 0 Å². The lowest BCUT2D eigenvalue weighted by atomic mass is 9.95. The van der Waals surface area contributed by atoms with Crippen molar-refractivity contribution in [2.45, 2.75) is 43.7 Å². The predicted molar refractivity (Wildman–Crippen MR) is 39.7 cm³/mol. The molecule has 2 aliphatic rings. The smallest absolute Gasteiger partial charge is 0.0833 e. The summed E-state index contributed by atoms with van der Waals surface area (Å²) in [5, 5.41) is 0. The SMILES string of the molecule is NC1CCCC12CCCO2. The highest BCUT2D eigenvalue weighted by Gasteiger charge is 2.43. The van der Waals surface area contributed by atoms with E-state index in [1.165, 1.54) is 32.1 Å². The van der Waals surface area contributed by atoms with E-state index in [4.69, 9.17) is 10.5 Å². The minimum absolute atomic E-state index is 0.125. The summed E-state index contributed by atoms with van der Waals surface area (Å²) < 4.78 is 5.69. The van der Waals surface area contributed by atoms with Gasteiger partial charge in [-0.2, -0.15) is 0 Å². The van der Waals surface area contributed by atoms with E-state index in [1.807, 2.05) is 0 Å². The normalized spacial score (nSPS) is 47.1. The summed E-state index contributed by atoms with van der Waals surface area (Å²) in [6.45, 7) is 0.938. The summed E-state index contributed by atoms with van der Waals surface area (Å²) in [4.78, 5) is 0. The molecule has 0 aromatic carbocycles. The quantitative estimate of drug-likeness (QED) is 0.547. The molecule has 1 aliphatic carbocycles. The zero-order chi connectivity index (χ0) is 7.03. The second-order valence-corrected chi connectivity index (χ2v) is 3.52. The van der Waals surface area contributed by atoms with Crippen LogP contribution in [0.5, 0.6) is 0 Å². The minimum Gasteiger partial charge on any atom is -0.373 e. The van der Waals surface area contributed by atoms with E-state index < -0.39 is 0 Å². The van der Waals surface area contributed by atoms with Crippen LogP contribution in [-0.4, -0.2) is 18.2 Å². The van der Waals surface area contributed by atoms with Gasteiger partial charge in [0.2, 0.25) is 0 Å². The summed E-state index contributed by atoms with van der Waals surface area (Å²) in [6, 6.07) is 0.329. The maximum Gasteiger partial charge on any atom is 0.0833 e. The molecule has 2 rings (SSSR count). The molecule has 0 amide bonds. The maximum atomic E-state index is 5.95. The third-order valence-corrected chi connectivity index (χ3v) is 2.92. The second-order valence-electron chi connectivity index (χ2n) is 3.52. The average Bonchev–Trinajstić information content (AvgIpc) is 2.48. The van der Waals surface area contributed by atoms with Gasteiger partial charge >= 0.3 is 0 Å². The lowest BCUT2D eigenvalue weighted by molar-refractivity contribution is -0.00188. The van der Waals surface area contributed by atoms with Crippen molar-refractivity contribution in [3.8, 4) is 0 Å². The summed E-state index contributed by atoms with van der Waals surface area (Å²) in [5.74, 6) is 0. The number of hydrogen-bond donors (Lipinski definition) is 1. The number of nitrogens with two attached hydrogens (primary N) is 1. The molecule has 1 spiro atoms. The molecular formula is C8H15NO. The fourth-order valence-corrected chi connectivity index (χ4v) is 2.28. The van der Waals surface area contributed by atoms with Crippen molar-refractivity contribution in [1.82, 2.24) is 0 Å². The number of rotatable bonds is 0. The predicted octanol–water partition coefficient (Wildman–Crippen LogP) is 1.05. The standard InChI is InChI=1S/C8H15NO/c9-7-3-1-4-8(7)5-2-6-10-8/h7H,1-6,9H2. The third-order valence-electron chi connectivity index (χ3n) is 2.92. The molecule has 1 saturated carbocycles. The highest BCUT2D eigenvalue weighted by Crippen LogP contribution is 2.39. The number of ether oxygens (including phenoxy) is 1. The lowest BCUT2D eigenvalue weighted by Gasteiger charge is -2.27. The molecule has 0 aromatic heterocycles. The first kappa shape index (κ1) is 6.62. The van der Waals surface area contributed by atoms with Crippen LogP contribution in [0.25, 0.3) is 0 Å². The first-order chi connectivity index (χ1) is 4.83. The number of hydrogen-bond acceptors (Lipinski definition) is 2. The molecule has 1 saturated heterocycles. The third kappa shape index (κ3) is 0.789. The van der Waals surface area contributed by atoms with Crippen LogP contribution in [0.1, 0.15) is 32.1 Å². The molecule has 2 atom stereocenters. The van der Waals surface area contributed by atoms with Crippen molar-refractivity contribution >= 4 is 0 Å². The summed E-state index contributed by atoms with van der Waals surface area (Å²) >= 11 is 0. The molecule has 58 valence electrons. The monoisotopic (exact) mass is 141 g/mol. The molecule has 0 aromatic rings. The van der Waals surface area contributed by atoms with Crippen molar-refractivity contribution < 1.29 is 4.74 Å². The van der Waals surface area contributed by atoms with Crippen LogP contribution < -0.4 is 5.73 Å². The molecule has 0 radical (unpaired) electrons. The van der Waals surface area contributed by atoms with Gasteiger partial charge in [0.25, 0.3) is 0 Å². The molecule has 0 bridgehead atoms. The van der Waals surface area contributed by atoms with E-state index in [1.54, 1.807) is 0 Å². The zero-order valence-electron chi connectivity index (χ0n) is 6.31. The van der Waals surface area contributed by atoms with E-state index >= 15 is 0 Å². The molecule has 1 aliphatic heterocycles. The van der Waals surface area contributed by atoms with Crippen LogP contribution in [0.2, 0.25) is 0 Å². The Hall–Kier alpha value is -0.0800. The van der Waals surface area contributed by atoms with Crippen LogP contribution >= 0.6 is 0 Å². The zero-order valence-corrected chi connectivity index (χ0v) is 6.31. The van der Waals surface area contributed by atoms with Crippen molar-refractivity contribution in [2.75, 3.05) is 6.61 Å². The largest absolute Gasteiger partial charge is 0.373 e. The minimum atomic E-state index is 0.125. The van der Waals surface area contributed by atoms with E-state index in [0.717, 1.165) is 6.61 Å². The van der Waals surface area contributed by atoms with Crippen LogP contribution in [-0.2, 0) is 4.74 Å². The Balaban J connectivity index is 2.11. The van der Waals surface area contributed by atoms with Gasteiger partial charge in [0.05, 0.1) is 5.60 Å². The van der Waals surface area contributed by atoms with Gasteiger partial charge in [0.1, 0.15) is 0 Å². The van der Waals surface area contributed by atoms with Crippen LogP contribution in [0, 0.1) is 0 Å². The fraction of sp³-hybridized carbons (Fsp3) is 1.00. The van der Waals surface area contributed by atoms with Crippen molar-refractivity contribution in [3.05, 3.63) is 0 Å². The van der Waals surface area contributed by atoms with Crippen molar-refractivity contribution in [1.29, 1.82) is 0 Å². The molecule has 2 nitrogen and oxygen atoms in total. The highest BCUT2D eigenvalue weighted by atomic mass is 16.5. The van der Waals surface area contributed by atoms with Gasteiger partial charge in [-0.25, -0.2) is 0 Å². The second kappa shape index (κ2) is 2.21. The summed E-state index contributed by atoms with van der Waals surface area (Å²) in [7, 11) is 0. The Morgan fingerprint density at radius 1 is 1.30 bits per heavy atom. The first-order valence-corrected chi connectivity index (χ1v) is 4.23. The average molecular weight is 141 g/mol. The molecule has 2 fully saturated rings. The molecule has 2 heteroatoms. The molecule has 1 heterocycles.